The minimum absolute atomic E-state index is 0.543. The summed E-state index contributed by atoms with van der Waals surface area (Å²) in [5.74, 6) is 2.56. The van der Waals surface area contributed by atoms with Crippen molar-refractivity contribution in [2.24, 2.45) is 11.8 Å². The van der Waals surface area contributed by atoms with E-state index in [1.807, 2.05) is 0 Å². The molecule has 0 spiro atoms. The average Bonchev–Trinajstić information content (AvgIpc) is 2.37. The first kappa shape index (κ1) is 12.4. The molecule has 2 aliphatic carbocycles. The Morgan fingerprint density at radius 1 is 0.737 bits per heavy atom. The number of rotatable bonds is 1. The van der Waals surface area contributed by atoms with Gasteiger partial charge in [0, 0.05) is 31.0 Å². The Bertz CT molecular complexity index is 338. The molecule has 2 heteroatoms. The SMILES string of the molecule is O=C1CC2CCCC(C1)N2[C@H]1C[C@@H]2CCC[C@@H](C2)C1. The first-order valence-electron chi connectivity index (χ1n) is 8.58. The molecule has 0 N–H and O–H groups in total. The van der Waals surface area contributed by atoms with E-state index in [0.29, 0.717) is 17.9 Å². The second kappa shape index (κ2) is 4.87. The van der Waals surface area contributed by atoms with Gasteiger partial charge in [-0.15, -0.1) is 0 Å². The normalized spacial score (nSPS) is 47.2. The molecule has 0 radical (unpaired) electrons. The smallest absolute Gasteiger partial charge is 0.136 e. The predicted octanol–water partition coefficient (Wildman–Crippen LogP) is 3.54. The van der Waals surface area contributed by atoms with Crippen LogP contribution in [0, 0.1) is 11.8 Å². The summed E-state index contributed by atoms with van der Waals surface area (Å²) in [7, 11) is 0. The number of hydrogen-bond acceptors (Lipinski definition) is 2. The van der Waals surface area contributed by atoms with Gasteiger partial charge in [0.25, 0.3) is 0 Å². The number of piperidine rings is 2. The summed E-state index contributed by atoms with van der Waals surface area (Å²) in [5.41, 5.74) is 0. The molecule has 2 unspecified atom stereocenters. The molecule has 4 bridgehead atoms. The molecule has 4 fully saturated rings. The summed E-state index contributed by atoms with van der Waals surface area (Å²) in [6.07, 6.45) is 14.5. The highest BCUT2D eigenvalue weighted by Crippen LogP contribution is 2.45. The highest BCUT2D eigenvalue weighted by molar-refractivity contribution is 5.80. The summed E-state index contributed by atoms with van der Waals surface area (Å²) < 4.78 is 0. The molecular formula is C17H27NO. The molecule has 0 aromatic rings. The fourth-order valence-corrected chi connectivity index (χ4v) is 5.75. The second-order valence-corrected chi connectivity index (χ2v) is 7.66. The Kier molecular flexibility index (Phi) is 3.17. The van der Waals surface area contributed by atoms with Crippen molar-refractivity contribution in [3.8, 4) is 0 Å². The van der Waals surface area contributed by atoms with E-state index in [2.05, 4.69) is 4.90 Å². The van der Waals surface area contributed by atoms with Gasteiger partial charge in [0.15, 0.2) is 0 Å². The molecular weight excluding hydrogens is 234 g/mol. The number of hydrogen-bond donors (Lipinski definition) is 0. The molecule has 2 aliphatic heterocycles. The predicted molar refractivity (Wildman–Crippen MR) is 76.0 cm³/mol. The van der Waals surface area contributed by atoms with Gasteiger partial charge in [-0.25, -0.2) is 0 Å². The maximum absolute atomic E-state index is 11.9. The molecule has 0 aromatic heterocycles. The van der Waals surface area contributed by atoms with Crippen LogP contribution in [-0.4, -0.2) is 28.8 Å². The van der Waals surface area contributed by atoms with E-state index >= 15 is 0 Å². The molecule has 106 valence electrons. The number of nitrogens with zero attached hydrogens (tertiary/aromatic N) is 1. The van der Waals surface area contributed by atoms with Crippen LogP contribution in [0.3, 0.4) is 0 Å². The molecule has 2 nitrogen and oxygen atoms in total. The molecule has 0 amide bonds. The summed E-state index contributed by atoms with van der Waals surface area (Å²) in [4.78, 5) is 14.7. The Hall–Kier alpha value is -0.370. The molecule has 19 heavy (non-hydrogen) atoms. The van der Waals surface area contributed by atoms with Gasteiger partial charge < -0.3 is 0 Å². The van der Waals surface area contributed by atoms with Crippen LogP contribution in [0.5, 0.6) is 0 Å². The second-order valence-electron chi connectivity index (χ2n) is 7.66. The van der Waals surface area contributed by atoms with Crippen LogP contribution in [0.2, 0.25) is 0 Å². The van der Waals surface area contributed by atoms with E-state index in [1.165, 1.54) is 57.8 Å². The van der Waals surface area contributed by atoms with E-state index in [0.717, 1.165) is 30.7 Å². The summed E-state index contributed by atoms with van der Waals surface area (Å²) in [6.45, 7) is 0. The molecule has 2 saturated carbocycles. The van der Waals surface area contributed by atoms with Crippen LogP contribution < -0.4 is 0 Å². The van der Waals surface area contributed by atoms with E-state index in [9.17, 15) is 4.79 Å². The van der Waals surface area contributed by atoms with Gasteiger partial charge >= 0.3 is 0 Å². The zero-order valence-corrected chi connectivity index (χ0v) is 12.0. The lowest BCUT2D eigenvalue weighted by Gasteiger charge is -2.53. The van der Waals surface area contributed by atoms with E-state index in [-0.39, 0.29) is 0 Å². The van der Waals surface area contributed by atoms with Gasteiger partial charge in [0.1, 0.15) is 5.78 Å². The minimum Gasteiger partial charge on any atom is -0.300 e. The first-order chi connectivity index (χ1) is 9.29. The van der Waals surface area contributed by atoms with Crippen LogP contribution in [0.15, 0.2) is 0 Å². The molecule has 4 rings (SSSR count). The maximum atomic E-state index is 11.9. The van der Waals surface area contributed by atoms with Crippen LogP contribution in [0.25, 0.3) is 0 Å². The number of carbonyl (C=O) groups is 1. The van der Waals surface area contributed by atoms with Gasteiger partial charge in [0.2, 0.25) is 0 Å². The molecule has 4 aliphatic rings. The van der Waals surface area contributed by atoms with Crippen molar-refractivity contribution < 1.29 is 4.79 Å². The van der Waals surface area contributed by atoms with Crippen molar-refractivity contribution >= 4 is 5.78 Å². The monoisotopic (exact) mass is 261 g/mol. The first-order valence-corrected chi connectivity index (χ1v) is 8.58. The van der Waals surface area contributed by atoms with E-state index < -0.39 is 0 Å². The average molecular weight is 261 g/mol. The summed E-state index contributed by atoms with van der Waals surface area (Å²) >= 11 is 0. The van der Waals surface area contributed by atoms with Crippen LogP contribution >= 0.6 is 0 Å². The van der Waals surface area contributed by atoms with Crippen molar-refractivity contribution in [2.75, 3.05) is 0 Å². The zero-order chi connectivity index (χ0) is 12.8. The molecule has 2 saturated heterocycles. The standard InChI is InChI=1S/C17H27NO/c19-17-10-14-5-2-6-15(11-17)18(14)16-8-12-3-1-4-13(7-12)9-16/h12-16H,1-11H2/t12-,13+,14?,15?,16+. The Balaban J connectivity index is 1.53. The highest BCUT2D eigenvalue weighted by Gasteiger charge is 2.44. The number of carbonyl (C=O) groups excluding carboxylic acids is 1. The van der Waals surface area contributed by atoms with Crippen molar-refractivity contribution in [3.63, 3.8) is 0 Å². The van der Waals surface area contributed by atoms with Crippen LogP contribution in [0.1, 0.15) is 70.6 Å². The number of fused-ring (bicyclic) bond motifs is 4. The van der Waals surface area contributed by atoms with E-state index in [4.69, 9.17) is 0 Å². The third kappa shape index (κ3) is 2.26. The lowest BCUT2D eigenvalue weighted by atomic mass is 9.68. The Morgan fingerprint density at radius 2 is 1.32 bits per heavy atom. The number of Topliss-reactive ketones (excluding diaryl/α,β-unsaturated/α-hetero) is 1. The van der Waals surface area contributed by atoms with Gasteiger partial charge in [0.05, 0.1) is 0 Å². The zero-order valence-electron chi connectivity index (χ0n) is 12.0. The molecule has 0 aromatic carbocycles. The quantitative estimate of drug-likeness (QED) is 0.719. The van der Waals surface area contributed by atoms with E-state index in [1.54, 1.807) is 0 Å². The molecule has 5 atom stereocenters. The van der Waals surface area contributed by atoms with Gasteiger partial charge in [-0.3, -0.25) is 9.69 Å². The highest BCUT2D eigenvalue weighted by atomic mass is 16.1. The van der Waals surface area contributed by atoms with Gasteiger partial charge in [-0.2, -0.15) is 0 Å². The Morgan fingerprint density at radius 3 is 1.95 bits per heavy atom. The fraction of sp³-hybridized carbons (Fsp3) is 0.941. The molecule has 2 heterocycles. The van der Waals surface area contributed by atoms with Crippen LogP contribution in [0.4, 0.5) is 0 Å². The number of ketones is 1. The fourth-order valence-electron chi connectivity index (χ4n) is 5.75. The maximum Gasteiger partial charge on any atom is 0.136 e. The Labute approximate surface area is 116 Å². The minimum atomic E-state index is 0.543. The van der Waals surface area contributed by atoms with Crippen molar-refractivity contribution in [1.82, 2.24) is 4.90 Å². The van der Waals surface area contributed by atoms with Gasteiger partial charge in [-0.05, 0) is 43.9 Å². The third-order valence-electron chi connectivity index (χ3n) is 6.37. The summed E-state index contributed by atoms with van der Waals surface area (Å²) in [6, 6.07) is 2.06. The summed E-state index contributed by atoms with van der Waals surface area (Å²) in [5, 5.41) is 0. The van der Waals surface area contributed by atoms with Crippen LogP contribution in [-0.2, 0) is 4.79 Å². The third-order valence-corrected chi connectivity index (χ3v) is 6.37. The topological polar surface area (TPSA) is 20.3 Å². The van der Waals surface area contributed by atoms with Crippen molar-refractivity contribution in [3.05, 3.63) is 0 Å². The largest absolute Gasteiger partial charge is 0.300 e. The van der Waals surface area contributed by atoms with Crippen molar-refractivity contribution in [2.45, 2.75) is 88.8 Å². The van der Waals surface area contributed by atoms with Crippen molar-refractivity contribution in [1.29, 1.82) is 0 Å². The lowest BCUT2D eigenvalue weighted by Crippen LogP contribution is -2.58. The van der Waals surface area contributed by atoms with Gasteiger partial charge in [-0.1, -0.05) is 25.7 Å². The lowest BCUT2D eigenvalue weighted by molar-refractivity contribution is -0.130.